The van der Waals surface area contributed by atoms with Crippen molar-refractivity contribution in [2.45, 2.75) is 27.2 Å². The number of rotatable bonds is 6. The molecule has 0 amide bonds. The molecule has 2 aliphatic heterocycles. The highest BCUT2D eigenvalue weighted by atomic mass is 16.3. The highest BCUT2D eigenvalue weighted by Gasteiger charge is 2.34. The Bertz CT molecular complexity index is 559. The summed E-state index contributed by atoms with van der Waals surface area (Å²) in [4.78, 5) is 16.6. The van der Waals surface area contributed by atoms with Gasteiger partial charge in [-0.05, 0) is 25.8 Å². The zero-order valence-corrected chi connectivity index (χ0v) is 16.0. The number of aryl methyl sites for hydroxylation is 2. The van der Waals surface area contributed by atoms with Crippen LogP contribution in [-0.2, 0) is 6.42 Å². The van der Waals surface area contributed by atoms with Gasteiger partial charge >= 0.3 is 0 Å². The molecule has 0 bridgehead atoms. The van der Waals surface area contributed by atoms with Crippen LogP contribution in [0.4, 0.5) is 5.82 Å². The van der Waals surface area contributed by atoms with E-state index in [2.05, 4.69) is 44.6 Å². The lowest BCUT2D eigenvalue weighted by molar-refractivity contribution is 0.106. The van der Waals surface area contributed by atoms with E-state index in [1.165, 1.54) is 13.1 Å². The molecule has 6 heteroatoms. The van der Waals surface area contributed by atoms with Gasteiger partial charge in [0, 0.05) is 70.1 Å². The molecule has 1 N–H and O–H groups in total. The average molecular weight is 348 g/mol. The summed E-state index contributed by atoms with van der Waals surface area (Å²) >= 11 is 0. The molecule has 3 heterocycles. The molecule has 2 saturated heterocycles. The number of hydrogen-bond donors (Lipinski definition) is 1. The maximum absolute atomic E-state index is 9.88. The predicted octanol–water partition coefficient (Wildman–Crippen LogP) is 1.03. The molecule has 1 aromatic rings. The molecule has 2 unspecified atom stereocenters. The molecule has 25 heavy (non-hydrogen) atoms. The van der Waals surface area contributed by atoms with Gasteiger partial charge in [-0.1, -0.05) is 13.8 Å². The maximum atomic E-state index is 9.88. The first kappa shape index (κ1) is 18.5. The third kappa shape index (κ3) is 4.49. The van der Waals surface area contributed by atoms with Crippen molar-refractivity contribution in [3.8, 4) is 0 Å². The lowest BCUT2D eigenvalue weighted by atomic mass is 9.96. The first-order chi connectivity index (χ1) is 12.1. The Labute approximate surface area is 151 Å². The Morgan fingerprint density at radius 2 is 1.72 bits per heavy atom. The monoisotopic (exact) mass is 347 g/mol. The Hall–Kier alpha value is -1.24. The van der Waals surface area contributed by atoms with E-state index in [1.54, 1.807) is 0 Å². The largest absolute Gasteiger partial charge is 0.396 e. The average Bonchev–Trinajstić information content (AvgIpc) is 3.04. The third-order valence-electron chi connectivity index (χ3n) is 5.78. The highest BCUT2D eigenvalue weighted by molar-refractivity contribution is 5.41. The van der Waals surface area contributed by atoms with Crippen molar-refractivity contribution in [3.05, 3.63) is 17.6 Å². The van der Waals surface area contributed by atoms with Crippen LogP contribution in [0.5, 0.6) is 0 Å². The van der Waals surface area contributed by atoms with Crippen LogP contribution in [0.2, 0.25) is 0 Å². The second kappa shape index (κ2) is 8.43. The molecular formula is C19H33N5O. The molecule has 0 radical (unpaired) electrons. The highest BCUT2D eigenvalue weighted by Crippen LogP contribution is 2.28. The topological polar surface area (TPSA) is 55.7 Å². The molecule has 0 aliphatic carbocycles. The molecular weight excluding hydrogens is 314 g/mol. The van der Waals surface area contributed by atoms with Crippen molar-refractivity contribution in [1.82, 2.24) is 19.8 Å². The minimum atomic E-state index is 0.265. The first-order valence-corrected chi connectivity index (χ1v) is 9.78. The number of anilines is 1. The van der Waals surface area contributed by atoms with Crippen molar-refractivity contribution < 1.29 is 5.11 Å². The van der Waals surface area contributed by atoms with Gasteiger partial charge < -0.3 is 19.8 Å². The summed E-state index contributed by atoms with van der Waals surface area (Å²) in [5, 5.41) is 9.88. The standard InChI is InChI=1S/C19H33N5O/c1-4-18-10-19(21-15(3)20-18)24-12-16(17(13-24)14-25)11-23-8-6-22(5-2)7-9-23/h10,16-17,25H,4-9,11-14H2,1-3H3. The SMILES string of the molecule is CCc1cc(N2CC(CO)C(CN3CCN(CC)CC3)C2)nc(C)n1. The van der Waals surface area contributed by atoms with E-state index in [4.69, 9.17) is 0 Å². The van der Waals surface area contributed by atoms with Crippen molar-refractivity contribution >= 4 is 5.82 Å². The van der Waals surface area contributed by atoms with Crippen LogP contribution in [0.1, 0.15) is 25.4 Å². The molecule has 2 fully saturated rings. The molecule has 0 spiro atoms. The zero-order valence-electron chi connectivity index (χ0n) is 16.0. The quantitative estimate of drug-likeness (QED) is 0.830. The van der Waals surface area contributed by atoms with Gasteiger partial charge in [0.05, 0.1) is 0 Å². The fraction of sp³-hybridized carbons (Fsp3) is 0.789. The fourth-order valence-electron chi connectivity index (χ4n) is 4.11. The van der Waals surface area contributed by atoms with E-state index in [1.807, 2.05) is 6.92 Å². The summed E-state index contributed by atoms with van der Waals surface area (Å²) in [6, 6.07) is 2.11. The molecule has 3 rings (SSSR count). The minimum absolute atomic E-state index is 0.265. The van der Waals surface area contributed by atoms with Gasteiger partial charge in [0.15, 0.2) is 0 Å². The number of aliphatic hydroxyl groups is 1. The Morgan fingerprint density at radius 1 is 1.04 bits per heavy atom. The normalized spacial score (nSPS) is 25.7. The summed E-state index contributed by atoms with van der Waals surface area (Å²) in [7, 11) is 0. The van der Waals surface area contributed by atoms with Gasteiger partial charge in [-0.3, -0.25) is 0 Å². The van der Waals surface area contributed by atoms with Gasteiger partial charge in [0.25, 0.3) is 0 Å². The Kier molecular flexibility index (Phi) is 6.25. The number of aromatic nitrogens is 2. The summed E-state index contributed by atoms with van der Waals surface area (Å²) in [5.74, 6) is 2.72. The first-order valence-electron chi connectivity index (χ1n) is 9.78. The number of likely N-dealkylation sites (N-methyl/N-ethyl adjacent to an activating group) is 1. The van der Waals surface area contributed by atoms with Gasteiger partial charge in [0.1, 0.15) is 11.6 Å². The number of nitrogens with zero attached hydrogens (tertiary/aromatic N) is 5. The van der Waals surface area contributed by atoms with Gasteiger partial charge in [-0.2, -0.15) is 0 Å². The summed E-state index contributed by atoms with van der Waals surface area (Å²) < 4.78 is 0. The number of hydrogen-bond acceptors (Lipinski definition) is 6. The lowest BCUT2D eigenvalue weighted by Crippen LogP contribution is -2.48. The molecule has 2 aliphatic rings. The lowest BCUT2D eigenvalue weighted by Gasteiger charge is -2.36. The Morgan fingerprint density at radius 3 is 2.36 bits per heavy atom. The van der Waals surface area contributed by atoms with Crippen molar-refractivity contribution in [3.63, 3.8) is 0 Å². The van der Waals surface area contributed by atoms with Gasteiger partial charge in [-0.15, -0.1) is 0 Å². The second-order valence-electron chi connectivity index (χ2n) is 7.46. The van der Waals surface area contributed by atoms with Crippen LogP contribution in [0, 0.1) is 18.8 Å². The zero-order chi connectivity index (χ0) is 17.8. The molecule has 2 atom stereocenters. The van der Waals surface area contributed by atoms with Crippen molar-refractivity contribution in [1.29, 1.82) is 0 Å². The fourth-order valence-corrected chi connectivity index (χ4v) is 4.11. The molecule has 6 nitrogen and oxygen atoms in total. The minimum Gasteiger partial charge on any atom is -0.396 e. The maximum Gasteiger partial charge on any atom is 0.132 e. The van der Waals surface area contributed by atoms with E-state index < -0.39 is 0 Å². The summed E-state index contributed by atoms with van der Waals surface area (Å²) in [6.07, 6.45) is 0.929. The van der Waals surface area contributed by atoms with Gasteiger partial charge in [0.2, 0.25) is 0 Å². The van der Waals surface area contributed by atoms with Crippen LogP contribution < -0.4 is 4.90 Å². The predicted molar refractivity (Wildman–Crippen MR) is 101 cm³/mol. The van der Waals surface area contributed by atoms with E-state index in [0.29, 0.717) is 11.8 Å². The third-order valence-corrected chi connectivity index (χ3v) is 5.78. The molecule has 1 aromatic heterocycles. The summed E-state index contributed by atoms with van der Waals surface area (Å²) in [5.41, 5.74) is 1.10. The smallest absolute Gasteiger partial charge is 0.132 e. The van der Waals surface area contributed by atoms with Crippen LogP contribution in [0.25, 0.3) is 0 Å². The Balaban J connectivity index is 1.63. The summed E-state index contributed by atoms with van der Waals surface area (Å²) in [6.45, 7) is 15.3. The van der Waals surface area contributed by atoms with E-state index in [-0.39, 0.29) is 6.61 Å². The van der Waals surface area contributed by atoms with Crippen LogP contribution >= 0.6 is 0 Å². The van der Waals surface area contributed by atoms with Gasteiger partial charge in [-0.25, -0.2) is 9.97 Å². The second-order valence-corrected chi connectivity index (χ2v) is 7.46. The van der Waals surface area contributed by atoms with E-state index >= 15 is 0 Å². The van der Waals surface area contributed by atoms with Crippen molar-refractivity contribution in [2.75, 3.05) is 63.9 Å². The van der Waals surface area contributed by atoms with Crippen LogP contribution in [-0.4, -0.2) is 83.8 Å². The van der Waals surface area contributed by atoms with Crippen LogP contribution in [0.3, 0.4) is 0 Å². The van der Waals surface area contributed by atoms with Crippen molar-refractivity contribution in [2.24, 2.45) is 11.8 Å². The number of aliphatic hydroxyl groups excluding tert-OH is 1. The molecule has 0 aromatic carbocycles. The van der Waals surface area contributed by atoms with E-state index in [0.717, 1.165) is 63.0 Å². The molecule has 140 valence electrons. The molecule has 0 saturated carbocycles. The van der Waals surface area contributed by atoms with Crippen LogP contribution in [0.15, 0.2) is 6.07 Å². The van der Waals surface area contributed by atoms with E-state index in [9.17, 15) is 5.11 Å². The number of piperazine rings is 1.